The first-order valence-electron chi connectivity index (χ1n) is 5.45. The Morgan fingerprint density at radius 3 is 2.84 bits per heavy atom. The normalized spacial score (nSPS) is 10.7. The average molecular weight is 264 g/mol. The first kappa shape index (κ1) is 13.0. The van der Waals surface area contributed by atoms with Crippen molar-refractivity contribution in [3.63, 3.8) is 0 Å². The topological polar surface area (TPSA) is 63.6 Å². The number of aromatic nitrogens is 3. The van der Waals surface area contributed by atoms with Crippen molar-refractivity contribution in [3.8, 4) is 6.07 Å². The van der Waals surface area contributed by atoms with E-state index < -0.39 is 12.1 Å². The van der Waals surface area contributed by atoms with Crippen molar-refractivity contribution in [2.45, 2.75) is 20.0 Å². The Labute approximate surface area is 107 Å². The highest BCUT2D eigenvalue weighted by Gasteiger charge is 2.14. The van der Waals surface area contributed by atoms with Crippen LogP contribution >= 0.6 is 0 Å². The summed E-state index contributed by atoms with van der Waals surface area (Å²) in [4.78, 5) is 15.8. The van der Waals surface area contributed by atoms with E-state index in [1.807, 2.05) is 0 Å². The Morgan fingerprint density at radius 2 is 2.21 bits per heavy atom. The molecule has 0 amide bonds. The lowest BCUT2D eigenvalue weighted by atomic mass is 10.2. The Kier molecular flexibility index (Phi) is 3.42. The second-order valence-corrected chi connectivity index (χ2v) is 3.92. The summed E-state index contributed by atoms with van der Waals surface area (Å²) in [5, 5.41) is 8.80. The number of halogens is 2. The molecule has 0 aromatic carbocycles. The lowest BCUT2D eigenvalue weighted by molar-refractivity contribution is 0.0666. The minimum atomic E-state index is -2.72. The summed E-state index contributed by atoms with van der Waals surface area (Å²) in [5.41, 5.74) is 0.0416. The van der Waals surface area contributed by atoms with Crippen molar-refractivity contribution in [3.05, 3.63) is 52.0 Å². The summed E-state index contributed by atoms with van der Waals surface area (Å²) in [7, 11) is 0. The van der Waals surface area contributed by atoms with Gasteiger partial charge in [0.1, 0.15) is 17.5 Å². The van der Waals surface area contributed by atoms with Gasteiger partial charge < -0.3 is 4.57 Å². The van der Waals surface area contributed by atoms with E-state index in [1.165, 1.54) is 16.8 Å². The summed E-state index contributed by atoms with van der Waals surface area (Å²) in [6.45, 7) is -1.15. The smallest absolute Gasteiger partial charge is 0.304 e. The Hall–Kier alpha value is -2.49. The number of alkyl halides is 2. The van der Waals surface area contributed by atoms with E-state index >= 15 is 0 Å². The summed E-state index contributed by atoms with van der Waals surface area (Å²) in [6, 6.07) is 4.77. The van der Waals surface area contributed by atoms with Crippen molar-refractivity contribution in [2.24, 2.45) is 0 Å². The molecule has 0 spiro atoms. The van der Waals surface area contributed by atoms with Crippen LogP contribution < -0.4 is 5.56 Å². The van der Waals surface area contributed by atoms with Gasteiger partial charge in [-0.2, -0.15) is 14.0 Å². The fourth-order valence-electron chi connectivity index (χ4n) is 1.74. The molecule has 0 saturated heterocycles. The predicted molar refractivity (Wildman–Crippen MR) is 62.7 cm³/mol. The molecule has 2 aromatic rings. The predicted octanol–water partition coefficient (Wildman–Crippen LogP) is 1.67. The molecule has 0 aliphatic rings. The van der Waals surface area contributed by atoms with Gasteiger partial charge in [0.25, 0.3) is 5.56 Å². The molecule has 0 N–H and O–H groups in total. The molecule has 0 saturated carbocycles. The van der Waals surface area contributed by atoms with Crippen LogP contribution in [0.15, 0.2) is 29.3 Å². The number of rotatable bonds is 3. The quantitative estimate of drug-likeness (QED) is 0.847. The highest BCUT2D eigenvalue weighted by molar-refractivity contribution is 5.27. The fourth-order valence-corrected chi connectivity index (χ4v) is 1.74. The second kappa shape index (κ2) is 5.02. The third-order valence-electron chi connectivity index (χ3n) is 2.77. The van der Waals surface area contributed by atoms with Crippen LogP contribution in [0.2, 0.25) is 0 Å². The molecule has 0 aliphatic heterocycles. The molecule has 2 heterocycles. The van der Waals surface area contributed by atoms with Crippen LogP contribution in [0.4, 0.5) is 8.78 Å². The van der Waals surface area contributed by atoms with E-state index in [0.29, 0.717) is 10.3 Å². The molecule has 0 radical (unpaired) electrons. The number of aryl methyl sites for hydroxylation is 1. The molecule has 2 rings (SSSR count). The van der Waals surface area contributed by atoms with Crippen molar-refractivity contribution in [1.82, 2.24) is 14.1 Å². The van der Waals surface area contributed by atoms with Crippen LogP contribution in [0.1, 0.15) is 23.6 Å². The van der Waals surface area contributed by atoms with Gasteiger partial charge in [-0.15, -0.1) is 0 Å². The molecule has 2 aromatic heterocycles. The molecule has 7 heteroatoms. The summed E-state index contributed by atoms with van der Waals surface area (Å²) in [5.74, 6) is 0.0651. The number of pyridine rings is 1. The number of hydrogen-bond donors (Lipinski definition) is 0. The largest absolute Gasteiger partial charge is 0.319 e. The zero-order valence-corrected chi connectivity index (χ0v) is 10.0. The standard InChI is InChI=1S/C12H10F2N4O/c1-8-2-3-9(6-15)11(19)18(8)7-10-16-4-5-17(10)12(13)14/h2-5,12H,7H2,1H3. The molecular weight excluding hydrogens is 254 g/mol. The molecule has 0 aliphatic carbocycles. The van der Waals surface area contributed by atoms with Gasteiger partial charge in [-0.3, -0.25) is 9.36 Å². The second-order valence-electron chi connectivity index (χ2n) is 3.92. The minimum absolute atomic E-state index is 0.0271. The van der Waals surface area contributed by atoms with Crippen LogP contribution in [0, 0.1) is 18.3 Å². The average Bonchev–Trinajstić information content (AvgIpc) is 2.83. The zero-order chi connectivity index (χ0) is 14.0. The number of hydrogen-bond acceptors (Lipinski definition) is 3. The molecule has 0 atom stereocenters. The minimum Gasteiger partial charge on any atom is -0.304 e. The van der Waals surface area contributed by atoms with Crippen molar-refractivity contribution >= 4 is 0 Å². The maximum Gasteiger partial charge on any atom is 0.319 e. The van der Waals surface area contributed by atoms with Gasteiger partial charge >= 0.3 is 6.55 Å². The van der Waals surface area contributed by atoms with Crippen molar-refractivity contribution in [2.75, 3.05) is 0 Å². The Bertz CT molecular complexity index is 696. The lowest BCUT2D eigenvalue weighted by Gasteiger charge is -2.11. The van der Waals surface area contributed by atoms with Gasteiger partial charge in [-0.05, 0) is 19.1 Å². The highest BCUT2D eigenvalue weighted by Crippen LogP contribution is 2.13. The number of nitriles is 1. The van der Waals surface area contributed by atoms with Gasteiger partial charge in [-0.25, -0.2) is 4.98 Å². The molecular formula is C12H10F2N4O. The highest BCUT2D eigenvalue weighted by atomic mass is 19.3. The van der Waals surface area contributed by atoms with E-state index in [9.17, 15) is 13.6 Å². The number of nitrogens with zero attached hydrogens (tertiary/aromatic N) is 4. The molecule has 19 heavy (non-hydrogen) atoms. The van der Waals surface area contributed by atoms with Crippen LogP contribution in [0.5, 0.6) is 0 Å². The van der Waals surface area contributed by atoms with Crippen LogP contribution in [-0.2, 0) is 6.54 Å². The number of imidazole rings is 1. The molecule has 98 valence electrons. The lowest BCUT2D eigenvalue weighted by Crippen LogP contribution is -2.26. The molecule has 0 bridgehead atoms. The van der Waals surface area contributed by atoms with Crippen molar-refractivity contribution < 1.29 is 8.78 Å². The van der Waals surface area contributed by atoms with Crippen LogP contribution in [0.3, 0.4) is 0 Å². The first-order valence-corrected chi connectivity index (χ1v) is 5.45. The summed E-state index contributed by atoms with van der Waals surface area (Å²) >= 11 is 0. The first-order chi connectivity index (χ1) is 9.04. The van der Waals surface area contributed by atoms with Gasteiger partial charge in [0.05, 0.1) is 6.54 Å². The van der Waals surface area contributed by atoms with Gasteiger partial charge in [0.2, 0.25) is 0 Å². The third-order valence-corrected chi connectivity index (χ3v) is 2.77. The fraction of sp³-hybridized carbons (Fsp3) is 0.250. The molecule has 0 unspecified atom stereocenters. The maximum atomic E-state index is 12.7. The Morgan fingerprint density at radius 1 is 1.47 bits per heavy atom. The van der Waals surface area contributed by atoms with Crippen LogP contribution in [0.25, 0.3) is 0 Å². The van der Waals surface area contributed by atoms with E-state index in [2.05, 4.69) is 4.98 Å². The summed E-state index contributed by atoms with van der Waals surface area (Å²) in [6.07, 6.45) is 2.39. The van der Waals surface area contributed by atoms with Gasteiger partial charge in [-0.1, -0.05) is 0 Å². The maximum absolute atomic E-state index is 12.7. The summed E-state index contributed by atoms with van der Waals surface area (Å²) < 4.78 is 27.3. The van der Waals surface area contributed by atoms with E-state index in [4.69, 9.17) is 5.26 Å². The monoisotopic (exact) mass is 264 g/mol. The van der Waals surface area contributed by atoms with E-state index in [-0.39, 0.29) is 17.9 Å². The zero-order valence-electron chi connectivity index (χ0n) is 10.0. The molecule has 5 nitrogen and oxygen atoms in total. The third kappa shape index (κ3) is 2.38. The molecule has 0 fully saturated rings. The van der Waals surface area contributed by atoms with E-state index in [1.54, 1.807) is 19.1 Å². The van der Waals surface area contributed by atoms with Crippen molar-refractivity contribution in [1.29, 1.82) is 5.26 Å². The van der Waals surface area contributed by atoms with Crippen LogP contribution in [-0.4, -0.2) is 14.1 Å². The Balaban J connectivity index is 2.47. The van der Waals surface area contributed by atoms with Gasteiger partial charge in [0, 0.05) is 18.1 Å². The SMILES string of the molecule is Cc1ccc(C#N)c(=O)n1Cc1nccn1C(F)F. The van der Waals surface area contributed by atoms with E-state index in [0.717, 1.165) is 6.20 Å². The van der Waals surface area contributed by atoms with Gasteiger partial charge in [0.15, 0.2) is 0 Å².